The fourth-order valence-electron chi connectivity index (χ4n) is 9.18. The molecule has 1 unspecified atom stereocenters. The Hall–Kier alpha value is -0.779. The van der Waals surface area contributed by atoms with Gasteiger partial charge in [-0.15, -0.1) is 0 Å². The molecule has 0 aromatic heterocycles. The maximum absolute atomic E-state index is 6.92. The van der Waals surface area contributed by atoms with E-state index in [1.807, 2.05) is 18.2 Å². The van der Waals surface area contributed by atoms with Crippen molar-refractivity contribution in [2.24, 2.45) is 0 Å². The molecule has 86 heavy (non-hydrogen) atoms. The summed E-state index contributed by atoms with van der Waals surface area (Å²) >= 11 is 0. The van der Waals surface area contributed by atoms with Gasteiger partial charge in [0.2, 0.25) is 0 Å². The third-order valence-corrected chi connectivity index (χ3v) is 64.7. The standard InChI is InChI=1S/C18H30O3Si4.C13H28O3Si4.2C7H23O3Si4.C6H20O2Si3.2Rf/c1-22(2)19-24(5,6)21-25(20-23(3)4,17-13-9-7-10-14-17)18-15-11-8-12-16-18;1-17(2)14-19(5,6)16-20(7,15-18(3)4)13-11-9-8-10-12-13;2*1-11(2)8-13(5)10-14(6,7)9-12(3)4;1-9(2)7-11(5,6)8-10(3)4;;/h7-16,22-23H,1-6H3;8-12,17-18H,1-7H3;2*11-12H,1-7H3;9-10H,1-6H3;;. The van der Waals surface area contributed by atoms with Crippen LogP contribution in [0.3, 0.4) is 0 Å². The number of benzene rings is 3. The molecule has 492 valence electrons. The minimum absolute atomic E-state index is 0. The molecule has 0 saturated carbocycles. The van der Waals surface area contributed by atoms with Crippen LogP contribution in [0.5, 0.6) is 0 Å². The SMILES string of the molecule is C[SiH](C)O[Si](C)(C)O[SiH](C)C.C[SiH](C)O[Si](C)(C)O[Si](C)(O[SiH](C)C)c1ccccc1.C[SiH](C)O[Si](C)(C)O[Si](O[SiH](C)C)(c1ccccc1)c1ccccc1.C[Si](O[SiH](C)C)O[Si](C)(C)O[SiH](C)C.C[Si](O[SiH](C)C)O[Si](C)(C)O[SiH](C)C.[Rf].[Rf]. The van der Waals surface area contributed by atoms with Gasteiger partial charge >= 0.3 is 78.5 Å². The predicted molar refractivity (Wildman–Crippen MR) is 410 cm³/mol. The van der Waals surface area contributed by atoms with Gasteiger partial charge in [0.25, 0.3) is 0 Å². The minimum Gasteiger partial charge on any atom is -0.440 e. The van der Waals surface area contributed by atoms with Crippen LogP contribution in [-0.2, 0) is 57.6 Å². The molecule has 0 aliphatic rings. The summed E-state index contributed by atoms with van der Waals surface area (Å²) in [4.78, 5) is 0. The van der Waals surface area contributed by atoms with E-state index in [0.29, 0.717) is 0 Å². The van der Waals surface area contributed by atoms with Crippen molar-refractivity contribution in [1.29, 1.82) is 0 Å². The zero-order valence-corrected chi connectivity index (χ0v) is 93.9. The van der Waals surface area contributed by atoms with Crippen molar-refractivity contribution < 1.29 is 57.6 Å². The fourth-order valence-corrected chi connectivity index (χ4v) is 71.2. The second-order valence-corrected chi connectivity index (χ2v) is 80.2. The van der Waals surface area contributed by atoms with Crippen molar-refractivity contribution >= 4 is 184 Å². The first kappa shape index (κ1) is 91.6. The van der Waals surface area contributed by atoms with Gasteiger partial charge in [0.1, 0.15) is 0 Å². The van der Waals surface area contributed by atoms with Gasteiger partial charge in [-0.25, -0.2) is 0 Å². The van der Waals surface area contributed by atoms with Gasteiger partial charge in [0.05, 0.1) is 0 Å². The van der Waals surface area contributed by atoms with Crippen LogP contribution in [0.2, 0.25) is 216 Å². The predicted octanol–water partition coefficient (Wildman–Crippen LogP) is 11.0. The van der Waals surface area contributed by atoms with E-state index in [1.54, 1.807) is 0 Å². The maximum Gasteiger partial charge on any atom is 0.387 e. The fraction of sp³-hybridized carbons (Fsp3) is 0.647. The first-order valence-corrected chi connectivity index (χ1v) is 80.2. The van der Waals surface area contributed by atoms with E-state index in [1.165, 1.54) is 5.19 Å². The van der Waals surface area contributed by atoms with Gasteiger partial charge in [-0.05, 0) is 232 Å². The molecule has 0 amide bonds. The Balaban J connectivity index is -0.000000502. The van der Waals surface area contributed by atoms with Crippen molar-refractivity contribution in [2.45, 2.75) is 216 Å². The number of hydrogen-bond acceptors (Lipinski definition) is 14. The molecule has 0 heterocycles. The normalized spacial score (nSPS) is 13.4. The van der Waals surface area contributed by atoms with Crippen LogP contribution >= 0.6 is 0 Å². The quantitative estimate of drug-likeness (QED) is 0.0567. The van der Waals surface area contributed by atoms with Crippen LogP contribution in [-0.4, -0.2) is 169 Å². The Morgan fingerprint density at radius 3 is 0.756 bits per heavy atom. The molecule has 0 saturated heterocycles. The first-order chi connectivity index (χ1) is 38.2. The average molecular weight is 2030 g/mol. The Morgan fingerprint density at radius 1 is 0.267 bits per heavy atom. The smallest absolute Gasteiger partial charge is 0.387 e. The summed E-state index contributed by atoms with van der Waals surface area (Å²) in [5.74, 6) is 0. The summed E-state index contributed by atoms with van der Waals surface area (Å²) in [7, 11) is -27.7. The van der Waals surface area contributed by atoms with Crippen molar-refractivity contribution in [2.75, 3.05) is 0 Å². The molecule has 14 nitrogen and oxygen atoms in total. The van der Waals surface area contributed by atoms with E-state index in [-0.39, 0.29) is 0 Å². The van der Waals surface area contributed by atoms with Crippen LogP contribution in [0.1, 0.15) is 0 Å². The van der Waals surface area contributed by atoms with Crippen LogP contribution in [0.25, 0.3) is 0 Å². The van der Waals surface area contributed by atoms with E-state index < -0.39 is 169 Å². The summed E-state index contributed by atoms with van der Waals surface area (Å²) in [5, 5.41) is 3.53. The van der Waals surface area contributed by atoms with Crippen molar-refractivity contribution in [3.8, 4) is 0 Å². The number of rotatable bonds is 31. The Bertz CT molecular complexity index is 2050. The van der Waals surface area contributed by atoms with Gasteiger partial charge < -0.3 is 57.6 Å². The summed E-state index contributed by atoms with van der Waals surface area (Å²) < 4.78 is 85.9. The zero-order chi connectivity index (χ0) is 65.7. The summed E-state index contributed by atoms with van der Waals surface area (Å²) in [6.45, 7) is 71.4. The van der Waals surface area contributed by atoms with Crippen LogP contribution in [0, 0.1) is 0 Å². The molecule has 0 aliphatic carbocycles. The number of hydrogen-bond donors (Lipinski definition) is 0. The molecular weight excluding hydrogens is 1900 g/mol. The van der Waals surface area contributed by atoms with Crippen LogP contribution < -0.4 is 15.6 Å². The monoisotopic (exact) mass is 2030 g/mol. The van der Waals surface area contributed by atoms with Gasteiger partial charge in [0.15, 0.2) is 90.4 Å². The molecule has 1 atom stereocenters. The van der Waals surface area contributed by atoms with Crippen molar-refractivity contribution in [1.82, 2.24) is 0 Å². The maximum atomic E-state index is 6.92. The molecule has 0 spiro atoms. The Morgan fingerprint density at radius 2 is 0.500 bits per heavy atom. The minimum atomic E-state index is -2.79. The Kier molecular flexibility index (Phi) is 46.8. The second kappa shape index (κ2) is 43.9. The van der Waals surface area contributed by atoms with Gasteiger partial charge in [-0.2, -0.15) is 0 Å². The van der Waals surface area contributed by atoms with E-state index >= 15 is 0 Å². The molecule has 0 aliphatic heterocycles. The molecule has 0 fully saturated rings. The molecule has 0 N–H and O–H groups in total. The van der Waals surface area contributed by atoms with E-state index in [4.69, 9.17) is 57.6 Å². The summed E-state index contributed by atoms with van der Waals surface area (Å²) in [6.07, 6.45) is 0. The average Bonchev–Trinajstić information content (AvgIpc) is 3.29. The molecule has 3 aromatic rings. The topological polar surface area (TPSA) is 129 Å². The van der Waals surface area contributed by atoms with Crippen LogP contribution in [0.15, 0.2) is 91.0 Å². The molecular formula is C51H124O14Rf2Si19. The molecule has 0 bridgehead atoms. The Labute approximate surface area is 544 Å². The first-order valence-electron chi connectivity index (χ1n) is 30.6. The van der Waals surface area contributed by atoms with Crippen LogP contribution in [0.4, 0.5) is 0 Å². The largest absolute Gasteiger partial charge is 0.440 e. The van der Waals surface area contributed by atoms with Crippen molar-refractivity contribution in [3.05, 3.63) is 91.0 Å². The van der Waals surface area contributed by atoms with E-state index in [2.05, 4.69) is 289 Å². The van der Waals surface area contributed by atoms with Gasteiger partial charge in [0, 0.05) is 0 Å². The van der Waals surface area contributed by atoms with Gasteiger partial charge in [-0.1, -0.05) is 91.0 Å². The summed E-state index contributed by atoms with van der Waals surface area (Å²) in [6, 6.07) is 31.3. The third kappa shape index (κ3) is 45.5. The van der Waals surface area contributed by atoms with E-state index in [0.717, 1.165) is 10.4 Å². The van der Waals surface area contributed by atoms with Crippen molar-refractivity contribution in [3.63, 3.8) is 0 Å². The molecule has 3 aromatic carbocycles. The molecule has 3 rings (SSSR count). The van der Waals surface area contributed by atoms with E-state index in [9.17, 15) is 0 Å². The summed E-state index contributed by atoms with van der Waals surface area (Å²) in [5.41, 5.74) is 0. The molecule has 35 heteroatoms. The molecule has 2 radical (unpaired) electrons. The zero-order valence-electron chi connectivity index (χ0n) is 60.6. The van der Waals surface area contributed by atoms with Gasteiger partial charge in [-0.3, -0.25) is 0 Å². The third-order valence-electron chi connectivity index (χ3n) is 10.00. The second-order valence-electron chi connectivity index (χ2n) is 25.7.